The van der Waals surface area contributed by atoms with E-state index < -0.39 is 0 Å². The van der Waals surface area contributed by atoms with Crippen molar-refractivity contribution < 1.29 is 4.79 Å². The van der Waals surface area contributed by atoms with E-state index in [9.17, 15) is 4.79 Å². The number of rotatable bonds is 4. The van der Waals surface area contributed by atoms with Crippen LogP contribution in [0.1, 0.15) is 13.8 Å². The molecule has 0 radical (unpaired) electrons. The molecule has 0 fully saturated rings. The monoisotopic (exact) mass is 143 g/mol. The van der Waals surface area contributed by atoms with Gasteiger partial charge in [-0.15, -0.1) is 0 Å². The summed E-state index contributed by atoms with van der Waals surface area (Å²) < 4.78 is 0. The van der Waals surface area contributed by atoms with Crippen molar-refractivity contribution in [1.82, 2.24) is 5.23 Å². The van der Waals surface area contributed by atoms with Gasteiger partial charge in [-0.25, -0.2) is 0 Å². The van der Waals surface area contributed by atoms with Crippen LogP contribution < -0.4 is 5.23 Å². The fraction of sp³-hybridized carbons (Fsp3) is 0.800. The standard InChI is InChI=1S/C5H10BNOS/c1-4(2)5(3-8)7-6-9/h3-5,7H,1-2H3/t5-/m1/s1. The van der Waals surface area contributed by atoms with Gasteiger partial charge in [0.25, 0.3) is 0 Å². The van der Waals surface area contributed by atoms with Gasteiger partial charge in [-0.2, -0.15) is 0 Å². The predicted octanol–water partition coefficient (Wildman–Crippen LogP) is 0.531. The molecule has 0 aromatic heterocycles. The normalized spacial score (nSPS) is 12.3. The van der Waals surface area contributed by atoms with Crippen molar-refractivity contribution in [2.75, 3.05) is 0 Å². The van der Waals surface area contributed by atoms with Crippen molar-refractivity contribution in [3.05, 3.63) is 0 Å². The Morgan fingerprint density at radius 2 is 2.22 bits per heavy atom. The first-order valence-corrected chi connectivity index (χ1v) is 3.34. The van der Waals surface area contributed by atoms with Crippen molar-refractivity contribution in [3.63, 3.8) is 0 Å². The molecule has 2 nitrogen and oxygen atoms in total. The van der Waals surface area contributed by atoms with Gasteiger partial charge in [0.15, 0.2) is 0 Å². The molecule has 1 atom stereocenters. The molecular formula is C5H10BNOS. The Hall–Kier alpha value is -0.245. The topological polar surface area (TPSA) is 29.1 Å². The van der Waals surface area contributed by atoms with Gasteiger partial charge in [0.05, 0.1) is 0 Å². The Morgan fingerprint density at radius 3 is 2.33 bits per heavy atom. The zero-order valence-corrected chi connectivity index (χ0v) is 6.44. The number of nitrogens with one attached hydrogen (secondary N) is 1. The summed E-state index contributed by atoms with van der Waals surface area (Å²) >= 11 is 4.52. The summed E-state index contributed by atoms with van der Waals surface area (Å²) in [6.45, 7) is 3.93. The average Bonchev–Trinajstić information content (AvgIpc) is 1.82. The van der Waals surface area contributed by atoms with E-state index >= 15 is 0 Å². The van der Waals surface area contributed by atoms with Crippen LogP contribution in [0.4, 0.5) is 0 Å². The van der Waals surface area contributed by atoms with Gasteiger partial charge in [-0.3, -0.25) is 0 Å². The fourth-order valence-electron chi connectivity index (χ4n) is 0.467. The van der Waals surface area contributed by atoms with Crippen molar-refractivity contribution >= 4 is 24.6 Å². The second-order valence-electron chi connectivity index (χ2n) is 2.19. The quantitative estimate of drug-likeness (QED) is 0.459. The minimum absolute atomic E-state index is 0.123. The zero-order valence-electron chi connectivity index (χ0n) is 5.63. The Balaban J connectivity index is 3.66. The number of carbonyl (C=O) groups is 1. The van der Waals surface area contributed by atoms with E-state index in [-0.39, 0.29) is 6.04 Å². The molecule has 50 valence electrons. The second kappa shape index (κ2) is 4.62. The molecule has 0 amide bonds. The van der Waals surface area contributed by atoms with Crippen LogP contribution in [0.2, 0.25) is 0 Å². The second-order valence-corrected chi connectivity index (χ2v) is 2.43. The predicted molar refractivity (Wildman–Crippen MR) is 41.2 cm³/mol. The third-order valence-electron chi connectivity index (χ3n) is 1.13. The fourth-order valence-corrected chi connectivity index (χ4v) is 0.625. The Morgan fingerprint density at radius 1 is 1.67 bits per heavy atom. The number of hydrogen-bond donors (Lipinski definition) is 1. The Labute approximate surface area is 61.1 Å². The van der Waals surface area contributed by atoms with E-state index in [1.807, 2.05) is 13.8 Å². The van der Waals surface area contributed by atoms with Gasteiger partial charge in [-0.05, 0) is 0 Å². The van der Waals surface area contributed by atoms with Gasteiger partial charge in [0.2, 0.25) is 0 Å². The summed E-state index contributed by atoms with van der Waals surface area (Å²) in [4.78, 5) is 10.2. The first-order valence-electron chi connectivity index (χ1n) is 2.87. The SMILES string of the molecule is CC(C)[C@@H](C=O)NB=S. The van der Waals surface area contributed by atoms with E-state index in [2.05, 4.69) is 17.3 Å². The summed E-state index contributed by atoms with van der Waals surface area (Å²) in [6, 6.07) is -0.123. The molecule has 0 aromatic carbocycles. The molecule has 0 aliphatic rings. The third-order valence-corrected chi connectivity index (χ3v) is 1.26. The summed E-state index contributed by atoms with van der Waals surface area (Å²) in [5.74, 6) is 0.307. The van der Waals surface area contributed by atoms with E-state index in [1.54, 1.807) is 0 Å². The van der Waals surface area contributed by atoms with Crippen LogP contribution in [-0.4, -0.2) is 18.6 Å². The molecule has 0 heterocycles. The van der Waals surface area contributed by atoms with Crippen LogP contribution in [0.15, 0.2) is 0 Å². The van der Waals surface area contributed by atoms with Gasteiger partial charge in [0.1, 0.15) is 0 Å². The molecule has 0 rings (SSSR count). The minimum atomic E-state index is -0.123. The van der Waals surface area contributed by atoms with Crippen LogP contribution >= 0.6 is 12.1 Å². The maximum absolute atomic E-state index is 10.2. The van der Waals surface area contributed by atoms with Crippen LogP contribution in [0, 0.1) is 5.92 Å². The number of carbonyl (C=O) groups excluding carboxylic acids is 1. The maximum atomic E-state index is 10.2. The van der Waals surface area contributed by atoms with Crippen LogP contribution in [0.3, 0.4) is 0 Å². The molecule has 0 spiro atoms. The third kappa shape index (κ3) is 3.35. The van der Waals surface area contributed by atoms with Crippen molar-refractivity contribution in [2.24, 2.45) is 5.92 Å². The first-order chi connectivity index (χ1) is 4.22. The molecule has 1 N–H and O–H groups in total. The van der Waals surface area contributed by atoms with Crippen molar-refractivity contribution in [1.29, 1.82) is 0 Å². The molecule has 9 heavy (non-hydrogen) atoms. The Kier molecular flexibility index (Phi) is 4.49. The molecule has 0 unspecified atom stereocenters. The van der Waals surface area contributed by atoms with E-state index in [1.165, 1.54) is 6.29 Å². The summed E-state index contributed by atoms with van der Waals surface area (Å²) in [6.07, 6.45) is 2.24. The van der Waals surface area contributed by atoms with Gasteiger partial charge in [0, 0.05) is 0 Å². The summed E-state index contributed by atoms with van der Waals surface area (Å²) in [5, 5.41) is 2.75. The van der Waals surface area contributed by atoms with Gasteiger partial charge in [-0.1, -0.05) is 0 Å². The van der Waals surface area contributed by atoms with Crippen LogP contribution in [0.25, 0.3) is 0 Å². The molecule has 0 bridgehead atoms. The van der Waals surface area contributed by atoms with E-state index in [4.69, 9.17) is 0 Å². The van der Waals surface area contributed by atoms with Gasteiger partial charge < -0.3 is 0 Å². The van der Waals surface area contributed by atoms with E-state index in [0.29, 0.717) is 5.92 Å². The van der Waals surface area contributed by atoms with Crippen LogP contribution in [-0.2, 0) is 4.79 Å². The molecule has 0 aromatic rings. The number of hydrogen-bond acceptors (Lipinski definition) is 2. The van der Waals surface area contributed by atoms with Gasteiger partial charge >= 0.3 is 60.5 Å². The first kappa shape index (κ1) is 8.75. The summed E-state index contributed by atoms with van der Waals surface area (Å²) in [5.41, 5.74) is 0. The van der Waals surface area contributed by atoms with E-state index in [0.717, 1.165) is 6.29 Å². The van der Waals surface area contributed by atoms with Crippen molar-refractivity contribution in [3.8, 4) is 0 Å². The Bertz CT molecular complexity index is 107. The summed E-state index contributed by atoms with van der Waals surface area (Å²) in [7, 11) is 0. The molecule has 0 saturated carbocycles. The average molecular weight is 143 g/mol. The molecule has 0 saturated heterocycles. The molecule has 0 aliphatic carbocycles. The van der Waals surface area contributed by atoms with Crippen LogP contribution in [0.5, 0.6) is 0 Å². The number of aldehydes is 1. The molecule has 4 heteroatoms. The molecular weight excluding hydrogens is 133 g/mol. The molecule has 0 aliphatic heterocycles. The van der Waals surface area contributed by atoms with Crippen molar-refractivity contribution in [2.45, 2.75) is 19.9 Å². The zero-order chi connectivity index (χ0) is 7.28.